The number of nitrogens with zero attached hydrogens (tertiary/aromatic N) is 2. The van der Waals surface area contributed by atoms with Gasteiger partial charge in [0.05, 0.1) is 10.5 Å². The Morgan fingerprint density at radius 2 is 1.88 bits per heavy atom. The Hall–Kier alpha value is -1.31. The summed E-state index contributed by atoms with van der Waals surface area (Å²) in [4.78, 5) is 18.1. The van der Waals surface area contributed by atoms with Crippen LogP contribution in [0, 0.1) is 0 Å². The molecular weight excluding hydrogens is 342 g/mol. The molecule has 25 heavy (non-hydrogen) atoms. The van der Waals surface area contributed by atoms with Gasteiger partial charge in [-0.1, -0.05) is 19.3 Å². The molecule has 7 nitrogen and oxygen atoms in total. The van der Waals surface area contributed by atoms with Crippen molar-refractivity contribution in [2.45, 2.75) is 63.2 Å². The topological polar surface area (TPSA) is 88.1 Å². The molecule has 1 heterocycles. The molecule has 0 aromatic carbocycles. The summed E-state index contributed by atoms with van der Waals surface area (Å²) in [6, 6.07) is 0. The van der Waals surface area contributed by atoms with Crippen LogP contribution in [0.4, 0.5) is 0 Å². The number of rotatable bonds is 2. The number of aliphatic imine (C=N–C) groups is 1. The third-order valence-electron chi connectivity index (χ3n) is 4.86. The van der Waals surface area contributed by atoms with Gasteiger partial charge in [0.1, 0.15) is 12.1 Å². The van der Waals surface area contributed by atoms with Gasteiger partial charge in [0.2, 0.25) is 0 Å². The Morgan fingerprint density at radius 1 is 1.24 bits per heavy atom. The van der Waals surface area contributed by atoms with Crippen LogP contribution in [0.5, 0.6) is 0 Å². The van der Waals surface area contributed by atoms with E-state index in [1.165, 1.54) is 0 Å². The van der Waals surface area contributed by atoms with Gasteiger partial charge in [-0.2, -0.15) is 0 Å². The van der Waals surface area contributed by atoms with Gasteiger partial charge in [-0.05, 0) is 33.6 Å². The van der Waals surface area contributed by atoms with Crippen molar-refractivity contribution in [3.63, 3.8) is 0 Å². The molecular formula is C17H31N3O4S. The summed E-state index contributed by atoms with van der Waals surface area (Å²) in [5.41, 5.74) is -0.534. The highest BCUT2D eigenvalue weighted by atomic mass is 32.2. The molecule has 1 spiro atoms. The molecule has 1 N–H and O–H groups in total. The molecule has 0 bridgehead atoms. The quantitative estimate of drug-likeness (QED) is 0.446. The number of guanidine groups is 1. The average Bonchev–Trinajstić information content (AvgIpc) is 2.51. The summed E-state index contributed by atoms with van der Waals surface area (Å²) >= 11 is 0. The van der Waals surface area contributed by atoms with Crippen LogP contribution in [0.3, 0.4) is 0 Å². The monoisotopic (exact) mass is 373 g/mol. The van der Waals surface area contributed by atoms with E-state index in [0.29, 0.717) is 19.0 Å². The minimum Gasteiger partial charge on any atom is -0.459 e. The fraction of sp³-hybridized carbons (Fsp3) is 0.882. The molecule has 1 aliphatic carbocycles. The lowest BCUT2D eigenvalue weighted by Crippen LogP contribution is -2.60. The smallest absolute Gasteiger partial charge is 0.325 e. The van der Waals surface area contributed by atoms with E-state index in [4.69, 9.17) is 4.74 Å². The standard InChI is InChI=1S/C17H31N3O4S/c1-16(2,3)24-14(21)12-19-15(18-4)20-10-11-25(22,23)17(13-20)8-6-5-7-9-17/h5-13H2,1-4H3,(H,18,19). The van der Waals surface area contributed by atoms with Crippen LogP contribution >= 0.6 is 0 Å². The van der Waals surface area contributed by atoms with Crippen molar-refractivity contribution in [1.82, 2.24) is 10.2 Å². The summed E-state index contributed by atoms with van der Waals surface area (Å²) in [5.74, 6) is 0.344. The van der Waals surface area contributed by atoms with E-state index in [-0.39, 0.29) is 18.3 Å². The molecule has 0 unspecified atom stereocenters. The summed E-state index contributed by atoms with van der Waals surface area (Å²) in [6.45, 7) is 6.33. The van der Waals surface area contributed by atoms with E-state index < -0.39 is 20.2 Å². The van der Waals surface area contributed by atoms with Gasteiger partial charge >= 0.3 is 5.97 Å². The highest BCUT2D eigenvalue weighted by Crippen LogP contribution is 2.38. The van der Waals surface area contributed by atoms with Crippen molar-refractivity contribution in [2.24, 2.45) is 4.99 Å². The number of ether oxygens (including phenoxy) is 1. The number of carbonyl (C=O) groups is 1. The maximum absolute atomic E-state index is 12.7. The number of esters is 1. The van der Waals surface area contributed by atoms with Crippen molar-refractivity contribution >= 4 is 21.8 Å². The van der Waals surface area contributed by atoms with Crippen molar-refractivity contribution < 1.29 is 17.9 Å². The molecule has 0 amide bonds. The minimum absolute atomic E-state index is 0.0141. The third-order valence-corrected chi connectivity index (χ3v) is 7.43. The van der Waals surface area contributed by atoms with Crippen molar-refractivity contribution in [1.29, 1.82) is 0 Å². The van der Waals surface area contributed by atoms with E-state index in [1.54, 1.807) is 7.05 Å². The second kappa shape index (κ2) is 7.51. The number of hydrogen-bond donors (Lipinski definition) is 1. The normalized spacial score (nSPS) is 23.4. The summed E-state index contributed by atoms with van der Waals surface area (Å²) < 4.78 is 30.0. The first-order valence-corrected chi connectivity index (χ1v) is 10.6. The summed E-state index contributed by atoms with van der Waals surface area (Å²) in [7, 11) is -1.45. The number of nitrogens with one attached hydrogen (secondary N) is 1. The van der Waals surface area contributed by atoms with E-state index in [0.717, 1.165) is 32.1 Å². The Labute approximate surface area is 151 Å². The first-order valence-electron chi connectivity index (χ1n) is 8.98. The van der Waals surface area contributed by atoms with Gasteiger partial charge in [-0.3, -0.25) is 9.79 Å². The van der Waals surface area contributed by atoms with Crippen LogP contribution in [0.15, 0.2) is 4.99 Å². The molecule has 0 radical (unpaired) electrons. The van der Waals surface area contributed by atoms with Gasteiger partial charge in [0.25, 0.3) is 0 Å². The fourth-order valence-corrected chi connectivity index (χ4v) is 5.84. The molecule has 1 aliphatic heterocycles. The predicted molar refractivity (Wildman–Crippen MR) is 98.4 cm³/mol. The lowest BCUT2D eigenvalue weighted by atomic mass is 9.87. The second-order valence-electron chi connectivity index (χ2n) is 7.97. The molecule has 8 heteroatoms. The van der Waals surface area contributed by atoms with Gasteiger partial charge in [-0.15, -0.1) is 0 Å². The van der Waals surface area contributed by atoms with Gasteiger partial charge < -0.3 is 15.0 Å². The zero-order valence-corrected chi connectivity index (χ0v) is 16.6. The van der Waals surface area contributed by atoms with E-state index in [2.05, 4.69) is 10.3 Å². The minimum atomic E-state index is -3.09. The number of hydrogen-bond acceptors (Lipinski definition) is 5. The fourth-order valence-electron chi connectivity index (χ4n) is 3.68. The lowest BCUT2D eigenvalue weighted by molar-refractivity contribution is -0.153. The first kappa shape index (κ1) is 20.0. The van der Waals surface area contributed by atoms with Crippen LogP contribution in [0.1, 0.15) is 52.9 Å². The van der Waals surface area contributed by atoms with E-state index in [1.807, 2.05) is 25.7 Å². The van der Waals surface area contributed by atoms with Gasteiger partial charge in [-0.25, -0.2) is 8.42 Å². The summed E-state index contributed by atoms with van der Waals surface area (Å²) in [6.07, 6.45) is 4.45. The highest BCUT2D eigenvalue weighted by molar-refractivity contribution is 7.92. The van der Waals surface area contributed by atoms with Gasteiger partial charge in [0, 0.05) is 20.1 Å². The Kier molecular flexibility index (Phi) is 6.01. The van der Waals surface area contributed by atoms with E-state index >= 15 is 0 Å². The molecule has 0 atom stereocenters. The SMILES string of the molecule is CN=C(NCC(=O)OC(C)(C)C)N1CCS(=O)(=O)C2(CCCCC2)C1. The number of sulfone groups is 1. The zero-order valence-electron chi connectivity index (χ0n) is 15.8. The Balaban J connectivity index is 2.03. The Morgan fingerprint density at radius 3 is 2.44 bits per heavy atom. The molecule has 1 saturated heterocycles. The highest BCUT2D eigenvalue weighted by Gasteiger charge is 2.48. The van der Waals surface area contributed by atoms with Crippen molar-refractivity contribution in [3.05, 3.63) is 0 Å². The van der Waals surface area contributed by atoms with E-state index in [9.17, 15) is 13.2 Å². The predicted octanol–water partition coefficient (Wildman–Crippen LogP) is 1.34. The molecule has 144 valence electrons. The molecule has 2 fully saturated rings. The average molecular weight is 374 g/mol. The van der Waals surface area contributed by atoms with Crippen LogP contribution in [0.2, 0.25) is 0 Å². The van der Waals surface area contributed by atoms with Crippen LogP contribution in [-0.2, 0) is 19.4 Å². The van der Waals surface area contributed by atoms with Crippen molar-refractivity contribution in [2.75, 3.05) is 32.4 Å². The first-order chi connectivity index (χ1) is 11.6. The largest absolute Gasteiger partial charge is 0.459 e. The molecule has 1 saturated carbocycles. The molecule has 2 aliphatic rings. The maximum atomic E-state index is 12.7. The Bertz CT molecular complexity index is 616. The van der Waals surface area contributed by atoms with Gasteiger partial charge in [0.15, 0.2) is 15.8 Å². The van der Waals surface area contributed by atoms with Crippen LogP contribution < -0.4 is 5.32 Å². The zero-order chi connectivity index (χ0) is 18.7. The lowest BCUT2D eigenvalue weighted by Gasteiger charge is -2.45. The van der Waals surface area contributed by atoms with Crippen LogP contribution in [0.25, 0.3) is 0 Å². The maximum Gasteiger partial charge on any atom is 0.325 e. The van der Waals surface area contributed by atoms with Crippen molar-refractivity contribution in [3.8, 4) is 0 Å². The van der Waals surface area contributed by atoms with Crippen LogP contribution in [-0.4, -0.2) is 68.0 Å². The molecule has 2 rings (SSSR count). The third kappa shape index (κ3) is 4.86. The molecule has 0 aromatic heterocycles. The molecule has 0 aromatic rings. The summed E-state index contributed by atoms with van der Waals surface area (Å²) in [5, 5.41) is 3.02. The number of carbonyl (C=O) groups excluding carboxylic acids is 1. The second-order valence-corrected chi connectivity index (χ2v) is 10.5.